The molecule has 28 heavy (non-hydrogen) atoms. The smallest absolute Gasteiger partial charge is 0.338 e. The first-order valence-corrected chi connectivity index (χ1v) is 9.90. The van der Waals surface area contributed by atoms with E-state index < -0.39 is 5.97 Å². The number of nitrogens with zero attached hydrogens (tertiary/aromatic N) is 2. The summed E-state index contributed by atoms with van der Waals surface area (Å²) < 4.78 is 10.6. The molecule has 1 aromatic rings. The van der Waals surface area contributed by atoms with Gasteiger partial charge in [0.05, 0.1) is 30.4 Å². The Bertz CT molecular complexity index is 714. The highest BCUT2D eigenvalue weighted by atomic mass is 16.5. The summed E-state index contributed by atoms with van der Waals surface area (Å²) in [6.45, 7) is 3.52. The molecule has 3 rings (SSSR count). The lowest BCUT2D eigenvalue weighted by atomic mass is 9.79. The Morgan fingerprint density at radius 2 is 1.82 bits per heavy atom. The van der Waals surface area contributed by atoms with Crippen LogP contribution in [0.4, 0.5) is 0 Å². The van der Waals surface area contributed by atoms with Crippen molar-refractivity contribution in [2.45, 2.75) is 37.6 Å². The van der Waals surface area contributed by atoms with Gasteiger partial charge in [-0.2, -0.15) is 5.26 Å². The predicted octanol–water partition coefficient (Wildman–Crippen LogP) is 1.87. The van der Waals surface area contributed by atoms with Crippen molar-refractivity contribution in [3.63, 3.8) is 0 Å². The van der Waals surface area contributed by atoms with Gasteiger partial charge in [0, 0.05) is 25.2 Å². The van der Waals surface area contributed by atoms with Gasteiger partial charge in [-0.15, -0.1) is 0 Å². The topological polar surface area (TPSA) is 91.7 Å². The molecule has 1 N–H and O–H groups in total. The molecular weight excluding hydrogens is 358 g/mol. The number of esters is 1. The van der Waals surface area contributed by atoms with Gasteiger partial charge in [-0.1, -0.05) is 19.3 Å². The lowest BCUT2D eigenvalue weighted by Gasteiger charge is -2.48. The fourth-order valence-electron chi connectivity index (χ4n) is 4.06. The van der Waals surface area contributed by atoms with Crippen LogP contribution in [0, 0.1) is 11.3 Å². The molecule has 1 saturated heterocycles. The number of nitrogens with one attached hydrogen (secondary N) is 1. The van der Waals surface area contributed by atoms with E-state index in [0.29, 0.717) is 17.7 Å². The summed E-state index contributed by atoms with van der Waals surface area (Å²) in [7, 11) is 0. The summed E-state index contributed by atoms with van der Waals surface area (Å²) in [6.07, 6.45) is 5.71. The van der Waals surface area contributed by atoms with E-state index in [-0.39, 0.29) is 18.1 Å². The van der Waals surface area contributed by atoms with Crippen molar-refractivity contribution in [1.29, 1.82) is 5.26 Å². The van der Waals surface area contributed by atoms with Gasteiger partial charge >= 0.3 is 5.97 Å². The maximum Gasteiger partial charge on any atom is 0.338 e. The van der Waals surface area contributed by atoms with Crippen molar-refractivity contribution in [3.8, 4) is 6.07 Å². The highest BCUT2D eigenvalue weighted by Crippen LogP contribution is 2.33. The van der Waals surface area contributed by atoms with Crippen LogP contribution in [-0.4, -0.2) is 61.8 Å². The Kier molecular flexibility index (Phi) is 7.01. The van der Waals surface area contributed by atoms with Crippen LogP contribution >= 0.6 is 0 Å². The highest BCUT2D eigenvalue weighted by molar-refractivity contribution is 5.91. The van der Waals surface area contributed by atoms with Crippen LogP contribution < -0.4 is 5.32 Å². The van der Waals surface area contributed by atoms with Gasteiger partial charge in [-0.05, 0) is 37.1 Å². The minimum absolute atomic E-state index is 0.0190. The Balaban J connectivity index is 1.50. The van der Waals surface area contributed by atoms with E-state index in [1.807, 2.05) is 6.07 Å². The van der Waals surface area contributed by atoms with Gasteiger partial charge in [-0.3, -0.25) is 9.69 Å². The molecule has 0 radical (unpaired) electrons. The van der Waals surface area contributed by atoms with E-state index in [0.717, 1.165) is 39.1 Å². The Labute approximate surface area is 165 Å². The van der Waals surface area contributed by atoms with Gasteiger partial charge in [0.25, 0.3) is 5.91 Å². The number of amides is 1. The van der Waals surface area contributed by atoms with E-state index in [4.69, 9.17) is 14.7 Å². The number of rotatable bonds is 6. The van der Waals surface area contributed by atoms with Crippen molar-refractivity contribution in [3.05, 3.63) is 35.4 Å². The zero-order valence-electron chi connectivity index (χ0n) is 16.1. The largest absolute Gasteiger partial charge is 0.452 e. The molecule has 1 heterocycles. The first kappa shape index (κ1) is 20.3. The number of morpholine rings is 1. The molecular formula is C21H27N3O4. The average molecular weight is 385 g/mol. The predicted molar refractivity (Wildman–Crippen MR) is 103 cm³/mol. The lowest BCUT2D eigenvalue weighted by molar-refractivity contribution is -0.125. The molecule has 0 unspecified atom stereocenters. The molecule has 1 aliphatic carbocycles. The maximum atomic E-state index is 12.3. The fraction of sp³-hybridized carbons (Fsp3) is 0.571. The van der Waals surface area contributed by atoms with E-state index in [1.54, 1.807) is 12.1 Å². The van der Waals surface area contributed by atoms with Crippen LogP contribution in [0.5, 0.6) is 0 Å². The van der Waals surface area contributed by atoms with E-state index in [2.05, 4.69) is 10.2 Å². The van der Waals surface area contributed by atoms with Crippen molar-refractivity contribution >= 4 is 11.9 Å². The molecule has 0 spiro atoms. The first-order valence-electron chi connectivity index (χ1n) is 9.90. The van der Waals surface area contributed by atoms with E-state index >= 15 is 0 Å². The molecule has 0 aromatic heterocycles. The van der Waals surface area contributed by atoms with Crippen LogP contribution in [0.1, 0.15) is 48.0 Å². The molecule has 7 heteroatoms. The Morgan fingerprint density at radius 3 is 2.46 bits per heavy atom. The Morgan fingerprint density at radius 1 is 1.14 bits per heavy atom. The second kappa shape index (κ2) is 9.67. The standard InChI is InChI=1S/C21H27N3O4/c22-14-17-4-6-18(7-5-17)20(26)28-15-19(25)23-16-21(8-2-1-3-9-21)24-10-12-27-13-11-24/h4-7H,1-3,8-13,15-16H2,(H,23,25). The second-order valence-electron chi connectivity index (χ2n) is 7.43. The summed E-state index contributed by atoms with van der Waals surface area (Å²) in [5.74, 6) is -0.861. The summed E-state index contributed by atoms with van der Waals surface area (Å²) in [5.41, 5.74) is 0.772. The third kappa shape index (κ3) is 5.09. The highest BCUT2D eigenvalue weighted by Gasteiger charge is 2.38. The third-order valence-electron chi connectivity index (χ3n) is 5.66. The second-order valence-corrected chi connectivity index (χ2v) is 7.43. The van der Waals surface area contributed by atoms with Crippen LogP contribution in [0.15, 0.2) is 24.3 Å². The van der Waals surface area contributed by atoms with Gasteiger partial charge in [0.1, 0.15) is 0 Å². The van der Waals surface area contributed by atoms with Crippen molar-refractivity contribution < 1.29 is 19.1 Å². The third-order valence-corrected chi connectivity index (χ3v) is 5.66. The normalized spacial score (nSPS) is 19.4. The zero-order valence-corrected chi connectivity index (χ0v) is 16.1. The Hall–Kier alpha value is -2.43. The van der Waals surface area contributed by atoms with Crippen LogP contribution in [0.25, 0.3) is 0 Å². The zero-order chi connectivity index (χ0) is 19.8. The molecule has 1 aromatic carbocycles. The molecule has 150 valence electrons. The summed E-state index contributed by atoms with van der Waals surface area (Å²) in [5, 5.41) is 11.8. The quantitative estimate of drug-likeness (QED) is 0.752. The molecule has 7 nitrogen and oxygen atoms in total. The van der Waals surface area contributed by atoms with Crippen LogP contribution in [0.2, 0.25) is 0 Å². The molecule has 0 atom stereocenters. The van der Waals surface area contributed by atoms with E-state index in [1.165, 1.54) is 31.4 Å². The van der Waals surface area contributed by atoms with Crippen molar-refractivity contribution in [2.75, 3.05) is 39.5 Å². The van der Waals surface area contributed by atoms with Crippen molar-refractivity contribution in [2.24, 2.45) is 0 Å². The number of hydrogen-bond acceptors (Lipinski definition) is 6. The van der Waals surface area contributed by atoms with Crippen molar-refractivity contribution in [1.82, 2.24) is 10.2 Å². The molecule has 1 aliphatic heterocycles. The number of ether oxygens (including phenoxy) is 2. The molecule has 1 saturated carbocycles. The number of nitriles is 1. The number of benzene rings is 1. The van der Waals surface area contributed by atoms with Gasteiger partial charge < -0.3 is 14.8 Å². The number of carbonyl (C=O) groups is 2. The average Bonchev–Trinajstić information content (AvgIpc) is 2.77. The molecule has 0 bridgehead atoms. The van der Waals surface area contributed by atoms with Gasteiger partial charge in [-0.25, -0.2) is 4.79 Å². The summed E-state index contributed by atoms with van der Waals surface area (Å²) in [6, 6.07) is 8.13. The first-order chi connectivity index (χ1) is 13.6. The van der Waals surface area contributed by atoms with Gasteiger partial charge in [0.2, 0.25) is 0 Å². The summed E-state index contributed by atoms with van der Waals surface area (Å²) in [4.78, 5) is 26.8. The minimum atomic E-state index is -0.569. The fourth-order valence-corrected chi connectivity index (χ4v) is 4.06. The van der Waals surface area contributed by atoms with Gasteiger partial charge in [0.15, 0.2) is 6.61 Å². The lowest BCUT2D eigenvalue weighted by Crippen LogP contribution is -2.59. The minimum Gasteiger partial charge on any atom is -0.452 e. The van der Waals surface area contributed by atoms with Crippen LogP contribution in [-0.2, 0) is 14.3 Å². The molecule has 2 aliphatic rings. The monoisotopic (exact) mass is 385 g/mol. The summed E-state index contributed by atoms with van der Waals surface area (Å²) >= 11 is 0. The SMILES string of the molecule is N#Cc1ccc(C(=O)OCC(=O)NCC2(N3CCOCC3)CCCCC2)cc1. The maximum absolute atomic E-state index is 12.3. The number of carbonyl (C=O) groups excluding carboxylic acids is 2. The van der Waals surface area contributed by atoms with Crippen LogP contribution in [0.3, 0.4) is 0 Å². The number of hydrogen-bond donors (Lipinski definition) is 1. The van der Waals surface area contributed by atoms with E-state index in [9.17, 15) is 9.59 Å². The molecule has 2 fully saturated rings. The molecule has 1 amide bonds.